The number of rotatable bonds is 4. The molecule has 0 aliphatic carbocycles. The number of amides is 2. The van der Waals surface area contributed by atoms with Gasteiger partial charge < -0.3 is 20.3 Å². The fourth-order valence-electron chi connectivity index (χ4n) is 3.76. The Morgan fingerprint density at radius 2 is 2.00 bits per heavy atom. The molecule has 3 N–H and O–H groups in total. The van der Waals surface area contributed by atoms with Gasteiger partial charge in [0.1, 0.15) is 18.1 Å². The number of nitrogens with zero attached hydrogens (tertiary/aromatic N) is 5. The third-order valence-corrected chi connectivity index (χ3v) is 5.70. The molecule has 35 heavy (non-hydrogen) atoms. The summed E-state index contributed by atoms with van der Waals surface area (Å²) >= 11 is 0. The molecule has 0 saturated carbocycles. The summed E-state index contributed by atoms with van der Waals surface area (Å²) in [6.45, 7) is 0.235. The van der Waals surface area contributed by atoms with Gasteiger partial charge >= 0.3 is 0 Å². The summed E-state index contributed by atoms with van der Waals surface area (Å²) in [5.41, 5.74) is 5.53. The van der Waals surface area contributed by atoms with E-state index in [4.69, 9.17) is 15.2 Å². The Morgan fingerprint density at radius 3 is 2.69 bits per heavy atom. The summed E-state index contributed by atoms with van der Waals surface area (Å²) in [6.07, 6.45) is 0.339. The van der Waals surface area contributed by atoms with E-state index in [1.54, 1.807) is 19.2 Å². The number of carbonyl (C=O) groups excluding carboxylic acids is 2. The van der Waals surface area contributed by atoms with Crippen LogP contribution in [-0.4, -0.2) is 69.1 Å². The van der Waals surface area contributed by atoms with Crippen LogP contribution in [0, 0.1) is 11.8 Å². The lowest BCUT2D eigenvalue weighted by atomic mass is 10.0. The van der Waals surface area contributed by atoms with Gasteiger partial charge in [-0.3, -0.25) is 14.5 Å². The molecule has 5 rings (SSSR count). The molecule has 1 atom stereocenters. The number of carbonyl (C=O) groups is 2. The number of anilines is 1. The van der Waals surface area contributed by atoms with Gasteiger partial charge in [-0.2, -0.15) is 0 Å². The van der Waals surface area contributed by atoms with E-state index in [2.05, 4.69) is 26.9 Å². The number of hydrogen-bond acceptors (Lipinski definition) is 8. The number of fused-ring (bicyclic) bond motifs is 1. The van der Waals surface area contributed by atoms with Crippen LogP contribution in [0.25, 0.3) is 0 Å². The van der Waals surface area contributed by atoms with Crippen molar-refractivity contribution in [1.29, 1.82) is 0 Å². The lowest BCUT2D eigenvalue weighted by molar-refractivity contribution is -0.140. The Kier molecular flexibility index (Phi) is 5.68. The minimum Gasteiger partial charge on any atom is -0.487 e. The number of nitrogens with two attached hydrogens (primary N) is 1. The largest absolute Gasteiger partial charge is 0.487 e. The molecule has 1 aromatic carbocycles. The number of aromatic nitrogens is 4. The first kappa shape index (κ1) is 22.5. The maximum Gasteiger partial charge on any atom is 0.288 e. The molecule has 178 valence electrons. The van der Waals surface area contributed by atoms with E-state index in [1.807, 2.05) is 30.3 Å². The van der Waals surface area contributed by atoms with Crippen LogP contribution in [0.3, 0.4) is 0 Å². The minimum atomic E-state index is -1.18. The van der Waals surface area contributed by atoms with Gasteiger partial charge in [-0.05, 0) is 23.6 Å². The second kappa shape index (κ2) is 8.83. The molecule has 0 spiro atoms. The van der Waals surface area contributed by atoms with Crippen molar-refractivity contribution in [2.45, 2.75) is 18.1 Å². The molecule has 1 fully saturated rings. The highest BCUT2D eigenvalue weighted by Gasteiger charge is 2.35. The van der Waals surface area contributed by atoms with E-state index in [9.17, 15) is 14.7 Å². The Hall–Kier alpha value is -4.27. The molecular formula is C24H22N6O5. The summed E-state index contributed by atoms with van der Waals surface area (Å²) in [5, 5.41) is 14.3. The third kappa shape index (κ3) is 4.44. The summed E-state index contributed by atoms with van der Waals surface area (Å²) < 4.78 is 12.3. The number of pyridine rings is 1. The van der Waals surface area contributed by atoms with Crippen LogP contribution < -0.4 is 15.4 Å². The zero-order chi connectivity index (χ0) is 24.6. The van der Waals surface area contributed by atoms with Gasteiger partial charge in [0.05, 0.1) is 13.2 Å². The molecule has 11 nitrogen and oxygen atoms in total. The van der Waals surface area contributed by atoms with Gasteiger partial charge in [0, 0.05) is 13.5 Å². The summed E-state index contributed by atoms with van der Waals surface area (Å²) in [4.78, 5) is 35.4. The standard InChI is InChI=1S/C24H22N6O5/c1-29-22-18(8-7-16(26-22)9-10-24(33)13-34-14-24)35-12-17(23(29)32)30-19(27-21(28-30)20(25)31)11-15-5-3-2-4-6-15/h2-8,17,33H,11-14H2,1H3,(H2,25,31)/t17-/m0/s1. The average Bonchev–Trinajstić information content (AvgIpc) is 3.21. The number of benzene rings is 1. The summed E-state index contributed by atoms with van der Waals surface area (Å²) in [5.74, 6) is 5.31. The molecule has 0 bridgehead atoms. The zero-order valence-corrected chi connectivity index (χ0v) is 18.8. The van der Waals surface area contributed by atoms with Crippen molar-refractivity contribution >= 4 is 17.6 Å². The maximum absolute atomic E-state index is 13.5. The Balaban J connectivity index is 1.46. The highest BCUT2D eigenvalue weighted by Crippen LogP contribution is 2.32. The van der Waals surface area contributed by atoms with E-state index in [0.717, 1.165) is 5.56 Å². The molecule has 4 heterocycles. The van der Waals surface area contributed by atoms with Crippen molar-refractivity contribution < 1.29 is 24.2 Å². The Bertz CT molecular complexity index is 1360. The van der Waals surface area contributed by atoms with Gasteiger partial charge in [-0.25, -0.2) is 14.6 Å². The van der Waals surface area contributed by atoms with E-state index < -0.39 is 17.6 Å². The van der Waals surface area contributed by atoms with Gasteiger partial charge in [-0.15, -0.1) is 5.10 Å². The first-order chi connectivity index (χ1) is 16.8. The van der Waals surface area contributed by atoms with Crippen molar-refractivity contribution in [3.63, 3.8) is 0 Å². The molecule has 0 radical (unpaired) electrons. The van der Waals surface area contributed by atoms with E-state index in [0.29, 0.717) is 23.7 Å². The van der Waals surface area contributed by atoms with Crippen molar-refractivity contribution in [1.82, 2.24) is 19.7 Å². The quantitative estimate of drug-likeness (QED) is 0.506. The summed E-state index contributed by atoms with van der Waals surface area (Å²) in [6, 6.07) is 11.9. The normalized spacial score (nSPS) is 18.4. The highest BCUT2D eigenvalue weighted by molar-refractivity contribution is 5.97. The predicted octanol–water partition coefficient (Wildman–Crippen LogP) is 0.0721. The van der Waals surface area contributed by atoms with Gasteiger partial charge in [0.25, 0.3) is 11.8 Å². The fraction of sp³-hybridized carbons (Fsp3) is 0.292. The average molecular weight is 474 g/mol. The predicted molar refractivity (Wildman–Crippen MR) is 123 cm³/mol. The maximum atomic E-state index is 13.5. The van der Waals surface area contributed by atoms with Crippen LogP contribution in [-0.2, 0) is 16.0 Å². The van der Waals surface area contributed by atoms with Crippen molar-refractivity contribution in [3.05, 3.63) is 65.4 Å². The fourth-order valence-corrected chi connectivity index (χ4v) is 3.76. The van der Waals surface area contributed by atoms with Crippen LogP contribution in [0.5, 0.6) is 5.75 Å². The third-order valence-electron chi connectivity index (χ3n) is 5.70. The number of aliphatic hydroxyl groups is 1. The summed E-state index contributed by atoms with van der Waals surface area (Å²) in [7, 11) is 1.57. The first-order valence-corrected chi connectivity index (χ1v) is 10.9. The molecule has 3 aromatic rings. The highest BCUT2D eigenvalue weighted by atomic mass is 16.5. The van der Waals surface area contributed by atoms with Crippen LogP contribution >= 0.6 is 0 Å². The number of primary amides is 1. The number of hydrogen-bond donors (Lipinski definition) is 2. The SMILES string of the molecule is CN1C(=O)[C@@H](n2nc(C(N)=O)nc2Cc2ccccc2)COc2ccc(C#CC3(O)COC3)nc21. The molecule has 0 unspecified atom stereocenters. The lowest BCUT2D eigenvalue weighted by Gasteiger charge is -2.30. The number of ether oxygens (including phenoxy) is 2. The van der Waals surface area contributed by atoms with Crippen LogP contribution in [0.1, 0.15) is 33.7 Å². The van der Waals surface area contributed by atoms with Crippen molar-refractivity contribution in [2.75, 3.05) is 31.8 Å². The van der Waals surface area contributed by atoms with E-state index in [1.165, 1.54) is 9.58 Å². The van der Waals surface area contributed by atoms with Crippen molar-refractivity contribution in [2.24, 2.45) is 5.73 Å². The van der Waals surface area contributed by atoms with E-state index in [-0.39, 0.29) is 37.4 Å². The molecule has 2 amide bonds. The second-order valence-corrected chi connectivity index (χ2v) is 8.34. The minimum absolute atomic E-state index is 0.0523. The van der Waals surface area contributed by atoms with Crippen LogP contribution in [0.2, 0.25) is 0 Å². The molecule has 2 aromatic heterocycles. The Morgan fingerprint density at radius 1 is 1.23 bits per heavy atom. The smallest absolute Gasteiger partial charge is 0.288 e. The molecule has 2 aliphatic heterocycles. The van der Waals surface area contributed by atoms with E-state index >= 15 is 0 Å². The van der Waals surface area contributed by atoms with Gasteiger partial charge in [-0.1, -0.05) is 36.3 Å². The zero-order valence-electron chi connectivity index (χ0n) is 18.8. The van der Waals surface area contributed by atoms with Crippen LogP contribution in [0.4, 0.5) is 5.82 Å². The number of likely N-dealkylation sites (N-methyl/N-ethyl adjacent to an activating group) is 1. The first-order valence-electron chi connectivity index (χ1n) is 10.9. The molecular weight excluding hydrogens is 452 g/mol. The van der Waals surface area contributed by atoms with Crippen molar-refractivity contribution in [3.8, 4) is 17.6 Å². The monoisotopic (exact) mass is 474 g/mol. The lowest BCUT2D eigenvalue weighted by Crippen LogP contribution is -2.48. The van der Waals surface area contributed by atoms with Crippen LogP contribution in [0.15, 0.2) is 42.5 Å². The molecule has 11 heteroatoms. The molecule has 2 aliphatic rings. The van der Waals surface area contributed by atoms with Gasteiger partial charge in [0.2, 0.25) is 5.82 Å². The second-order valence-electron chi connectivity index (χ2n) is 8.34. The van der Waals surface area contributed by atoms with Gasteiger partial charge in [0.15, 0.2) is 23.2 Å². The topological polar surface area (TPSA) is 146 Å². The molecule has 1 saturated heterocycles. The Labute approximate surface area is 200 Å².